The molecule has 13 aromatic rings. The number of carboxylic acids is 1. The summed E-state index contributed by atoms with van der Waals surface area (Å²) in [4.78, 5) is 81.5. The highest BCUT2D eigenvalue weighted by Crippen LogP contribution is 2.45. The number of aromatic hydroxyl groups is 4. The summed E-state index contributed by atoms with van der Waals surface area (Å²) in [5, 5.41) is 75.9. The van der Waals surface area contributed by atoms with E-state index in [4.69, 9.17) is 24.2 Å². The number of aliphatic hydroxyl groups is 1. The largest absolute Gasteiger partial charge is 0.507 e. The van der Waals surface area contributed by atoms with E-state index in [0.717, 1.165) is 103 Å². The number of ketones is 1. The number of para-hydroxylation sites is 1. The maximum atomic E-state index is 11.5. The van der Waals surface area contributed by atoms with Crippen molar-refractivity contribution >= 4 is 63.1 Å². The van der Waals surface area contributed by atoms with E-state index in [1.807, 2.05) is 147 Å². The van der Waals surface area contributed by atoms with Crippen LogP contribution in [-0.4, -0.2) is 166 Å². The number of unbranched alkanes of at least 4 members (excludes halogenated alkanes) is 2. The zero-order valence-corrected chi connectivity index (χ0v) is 81.1. The van der Waals surface area contributed by atoms with Crippen molar-refractivity contribution < 1.29 is 87.6 Å². The van der Waals surface area contributed by atoms with Gasteiger partial charge in [-0.05, 0) is 217 Å². The first-order chi connectivity index (χ1) is 64.3. The molecule has 27 heteroatoms. The maximum Gasteiger partial charge on any atom is 0.340 e. The van der Waals surface area contributed by atoms with Crippen molar-refractivity contribution in [2.24, 2.45) is 0 Å². The number of pyridine rings is 3. The molecule has 1 saturated heterocycles. The van der Waals surface area contributed by atoms with E-state index >= 15 is 0 Å². The number of anilines is 1. The summed E-state index contributed by atoms with van der Waals surface area (Å²) in [6.45, 7) is 41.3. The van der Waals surface area contributed by atoms with Crippen molar-refractivity contribution in [2.45, 2.75) is 199 Å². The molecule has 1 fully saturated rings. The van der Waals surface area contributed by atoms with Crippen LogP contribution >= 0.6 is 0 Å². The molecule has 135 heavy (non-hydrogen) atoms. The Hall–Kier alpha value is -14.0. The van der Waals surface area contributed by atoms with E-state index in [1.165, 1.54) is 42.1 Å². The van der Waals surface area contributed by atoms with Gasteiger partial charge in [-0.1, -0.05) is 187 Å². The number of phenolic OH excluding ortho intramolecular Hbond substituents is 4. The van der Waals surface area contributed by atoms with Gasteiger partial charge in [-0.2, -0.15) is 10.2 Å². The first kappa shape index (κ1) is 108. The molecule has 0 aliphatic carbocycles. The summed E-state index contributed by atoms with van der Waals surface area (Å²) < 4.78 is 30.2. The molecule has 1 amide bonds. The number of ether oxygens (including phenoxy) is 5. The summed E-state index contributed by atoms with van der Waals surface area (Å²) in [6.07, 6.45) is 12.6. The molecule has 2 atom stereocenters. The fraction of sp³-hybridized carbons (Fsp3) is 0.352. The van der Waals surface area contributed by atoms with Crippen LogP contribution in [0.1, 0.15) is 196 Å². The van der Waals surface area contributed by atoms with Gasteiger partial charge in [0.15, 0.2) is 11.5 Å². The van der Waals surface area contributed by atoms with Crippen LogP contribution < -0.4 is 10.2 Å². The number of aryl methyl sites for hydroxylation is 5. The molecule has 716 valence electrons. The zero-order valence-electron chi connectivity index (χ0n) is 81.1. The number of aromatic carboxylic acids is 1. The highest BCUT2D eigenvalue weighted by Gasteiger charge is 2.31. The van der Waals surface area contributed by atoms with Gasteiger partial charge in [0.1, 0.15) is 45.4 Å². The molecule has 5 aromatic heterocycles. The van der Waals surface area contributed by atoms with Crippen LogP contribution in [-0.2, 0) is 71.5 Å². The van der Waals surface area contributed by atoms with Crippen molar-refractivity contribution in [1.82, 2.24) is 40.4 Å². The van der Waals surface area contributed by atoms with Gasteiger partial charge in [-0.3, -0.25) is 29.3 Å². The summed E-state index contributed by atoms with van der Waals surface area (Å²) in [5.74, 6) is -1.63. The highest BCUT2D eigenvalue weighted by molar-refractivity contribution is 6.02. The second-order valence-corrected chi connectivity index (χ2v) is 34.1. The smallest absolute Gasteiger partial charge is 0.340 e. The number of fused-ring (bicyclic) bond motifs is 2. The van der Waals surface area contributed by atoms with Crippen LogP contribution in [0.25, 0.3) is 72.3 Å². The number of Topliss-reactive ketones (excluding diaryl/α,β-unsaturated/α-hetero) is 1. The number of carboxylic acid groups (broad SMARTS) is 1. The topological polar surface area (TPSA) is 381 Å². The van der Waals surface area contributed by atoms with E-state index in [-0.39, 0.29) is 71.1 Å². The SMILES string of the molecule is CC(=O)C(C)c1ccccn1.CC(C)(C)c1cc(-c2ccccc2)c(O)c(-n2nccn2)c1.CCCCCc1ccc(-c2cc(-c3cc(C(C)(C)C)cc(-c4c(C)cc(C)cc4C)c3O)no2)cc1.CCOC(=O)C(NC(C)=O)C(=O)OCC.CCOC(=O)CC(C)O.CCOCc1ccc(O)c2ncccc12.Cc1ccc2cccnc2c1O.O=C(O)c1ccccc1N1CCOCC1. The third kappa shape index (κ3) is 33.0. The van der Waals surface area contributed by atoms with Gasteiger partial charge in [0, 0.05) is 84.3 Å². The fourth-order valence-corrected chi connectivity index (χ4v) is 14.1. The summed E-state index contributed by atoms with van der Waals surface area (Å²) >= 11 is 0. The summed E-state index contributed by atoms with van der Waals surface area (Å²) in [7, 11) is 0. The molecule has 7 N–H and O–H groups in total. The molecule has 2 unspecified atom stereocenters. The Balaban J connectivity index is 0.000000220. The minimum Gasteiger partial charge on any atom is -0.507 e. The minimum absolute atomic E-state index is 0.0425. The second kappa shape index (κ2) is 53.6. The quantitative estimate of drug-likeness (QED) is 0.0128. The Morgan fingerprint density at radius 2 is 1.13 bits per heavy atom. The predicted octanol–water partition coefficient (Wildman–Crippen LogP) is 20.9. The number of hydrogen-bond donors (Lipinski definition) is 7. The normalized spacial score (nSPS) is 11.9. The van der Waals surface area contributed by atoms with Crippen LogP contribution in [0.3, 0.4) is 0 Å². The number of rotatable bonds is 24. The Bertz CT molecular complexity index is 5920. The van der Waals surface area contributed by atoms with Crippen molar-refractivity contribution in [1.29, 1.82) is 0 Å². The van der Waals surface area contributed by atoms with Gasteiger partial charge >= 0.3 is 23.9 Å². The van der Waals surface area contributed by atoms with Crippen LogP contribution in [0.2, 0.25) is 0 Å². The first-order valence-corrected chi connectivity index (χ1v) is 45.3. The molecular weight excluding hydrogens is 1710 g/mol. The minimum atomic E-state index is -1.37. The maximum absolute atomic E-state index is 11.5. The lowest BCUT2D eigenvalue weighted by atomic mass is 9.82. The number of phenols is 4. The highest BCUT2D eigenvalue weighted by atomic mass is 16.6. The number of carbonyl (C=O) groups excluding carboxylic acids is 5. The van der Waals surface area contributed by atoms with Gasteiger partial charge in [0.05, 0.1) is 87.4 Å². The number of aliphatic hydroxyl groups excluding tert-OH is 1. The molecule has 0 bridgehead atoms. The van der Waals surface area contributed by atoms with Crippen molar-refractivity contribution in [3.05, 3.63) is 275 Å². The number of hydrogen-bond acceptors (Lipinski definition) is 24. The van der Waals surface area contributed by atoms with Gasteiger partial charge in [-0.25, -0.2) is 14.4 Å². The average Bonchev–Trinajstić information content (AvgIpc) is 1.76. The zero-order chi connectivity index (χ0) is 99.1. The molecular formula is C108H131N9O18. The lowest BCUT2D eigenvalue weighted by molar-refractivity contribution is -0.159. The molecule has 14 rings (SSSR count). The lowest BCUT2D eigenvalue weighted by Gasteiger charge is -2.29. The van der Waals surface area contributed by atoms with Crippen molar-refractivity contribution in [3.63, 3.8) is 0 Å². The molecule has 1 aliphatic rings. The molecule has 0 spiro atoms. The van der Waals surface area contributed by atoms with E-state index in [9.17, 15) is 49.2 Å². The van der Waals surface area contributed by atoms with Gasteiger partial charge in [-0.15, -0.1) is 4.80 Å². The third-order valence-electron chi connectivity index (χ3n) is 21.3. The molecule has 0 radical (unpaired) electrons. The van der Waals surface area contributed by atoms with Gasteiger partial charge < -0.3 is 69.1 Å². The van der Waals surface area contributed by atoms with Crippen LogP contribution in [0.5, 0.6) is 23.0 Å². The van der Waals surface area contributed by atoms with E-state index in [2.05, 4.69) is 168 Å². The first-order valence-electron chi connectivity index (χ1n) is 45.3. The lowest BCUT2D eigenvalue weighted by Crippen LogP contribution is -2.47. The number of nitrogens with one attached hydrogen (secondary N) is 1. The number of nitrogens with zero attached hydrogens (tertiary/aromatic N) is 8. The average molecular weight is 1840 g/mol. The van der Waals surface area contributed by atoms with Crippen LogP contribution in [0, 0.1) is 27.7 Å². The number of benzene rings is 8. The monoisotopic (exact) mass is 1840 g/mol. The number of amides is 1. The van der Waals surface area contributed by atoms with E-state index in [1.54, 1.807) is 83.8 Å². The Labute approximate surface area is 791 Å². The standard InChI is InChI=1S/C33H39NO2.C18H19N3O.C12H13NO2.C11H13NO3.C10H9NO.C9H15NO5.C9H11NO.C6H12O3/c1-8-9-10-11-24-12-14-25(15-13-24)30-20-29(34-36-30)27-18-26(33(5,6)7)19-28(32(27)35)31-22(3)16-21(2)17-23(31)4;1-18(2,3)14-11-15(13-7-5-4-6-8-13)17(22)16(12-14)21-19-9-10-20-21;1-2-15-8-9-5-6-11(14)12-10(9)4-3-7-13-12;13-11(14)9-3-1-2-4-10(9)12-5-7-15-8-6-12;1-7-4-5-8-3-2-6-11-9(8)10(7)12;1-4-14-8(12)7(10-6(3)11)9(13)15-5-2;1-7(8(2)11)9-5-3-4-6-10-9;1-3-9-6(8)4-5(2)7/h12-20,35H,8-11H2,1-7H3;4-12,22H,1-3H3;3-7,14H,2,8H2,1H3;1-4H,5-8H2,(H,13,14);2-6,12H,1H3;7H,4-5H2,1-3H3,(H,10,11);3-7H,1-2H3;5,7H,3-4H2,1-2H3. The predicted molar refractivity (Wildman–Crippen MR) is 528 cm³/mol. The van der Waals surface area contributed by atoms with E-state index < -0.39 is 36.0 Å². The third-order valence-corrected chi connectivity index (χ3v) is 21.3. The fourth-order valence-electron chi connectivity index (χ4n) is 14.1. The van der Waals surface area contributed by atoms with E-state index in [0.29, 0.717) is 72.3 Å². The Morgan fingerprint density at radius 3 is 1.70 bits per heavy atom. The van der Waals surface area contributed by atoms with Crippen molar-refractivity contribution in [2.75, 3.05) is 57.6 Å². The number of aromatic nitrogens is 7. The summed E-state index contributed by atoms with van der Waals surface area (Å²) in [6, 6.07) is 59.1. The number of morpholine rings is 1. The summed E-state index contributed by atoms with van der Waals surface area (Å²) in [5.41, 5.74) is 18.8. The van der Waals surface area contributed by atoms with Gasteiger partial charge in [0.2, 0.25) is 11.9 Å². The molecule has 0 saturated carbocycles. The Morgan fingerprint density at radius 1 is 0.541 bits per heavy atom. The molecule has 1 aliphatic heterocycles. The van der Waals surface area contributed by atoms with Crippen LogP contribution in [0.15, 0.2) is 224 Å². The molecule has 27 nitrogen and oxygen atoms in total. The van der Waals surface area contributed by atoms with Crippen LogP contribution in [0.4, 0.5) is 5.69 Å². The number of carbonyl (C=O) groups is 6. The molecule has 6 heterocycles. The number of esters is 3. The van der Waals surface area contributed by atoms with Gasteiger partial charge in [0.25, 0.3) is 0 Å². The second-order valence-electron chi connectivity index (χ2n) is 34.1. The van der Waals surface area contributed by atoms with Crippen molar-refractivity contribution in [3.8, 4) is 73.5 Å². The molecule has 8 aromatic carbocycles. The Kier molecular flexibility index (Phi) is 42.9.